The lowest BCUT2D eigenvalue weighted by Crippen LogP contribution is -2.21. The monoisotopic (exact) mass is 178 g/mol. The third kappa shape index (κ3) is 1.48. The average Bonchev–Trinajstić information content (AvgIpc) is 2.23. The Morgan fingerprint density at radius 3 is 2.00 bits per heavy atom. The topological polar surface area (TPSA) is 75.9 Å². The SMILES string of the molecule is O=CC(N=O)(N=O)c1ccccc1. The lowest BCUT2D eigenvalue weighted by Gasteiger charge is -2.09. The highest BCUT2D eigenvalue weighted by atomic mass is 16.3. The van der Waals surface area contributed by atoms with E-state index in [1.807, 2.05) is 0 Å². The Kier molecular flexibility index (Phi) is 2.59. The molecule has 0 saturated carbocycles. The van der Waals surface area contributed by atoms with E-state index in [-0.39, 0.29) is 11.8 Å². The van der Waals surface area contributed by atoms with Crippen LogP contribution < -0.4 is 0 Å². The van der Waals surface area contributed by atoms with Gasteiger partial charge in [0.15, 0.2) is 6.29 Å². The molecular weight excluding hydrogens is 172 g/mol. The van der Waals surface area contributed by atoms with E-state index >= 15 is 0 Å². The van der Waals surface area contributed by atoms with Gasteiger partial charge in [0.25, 0.3) is 0 Å². The van der Waals surface area contributed by atoms with Crippen LogP contribution in [0.3, 0.4) is 0 Å². The molecule has 0 heterocycles. The summed E-state index contributed by atoms with van der Waals surface area (Å²) < 4.78 is 0. The van der Waals surface area contributed by atoms with E-state index in [1.165, 1.54) is 12.1 Å². The molecule has 1 aromatic rings. The Hall–Kier alpha value is -1.91. The number of rotatable bonds is 4. The molecule has 0 unspecified atom stereocenters. The summed E-state index contributed by atoms with van der Waals surface area (Å²) in [5, 5.41) is 4.86. The molecular formula is C8H6N2O3. The van der Waals surface area contributed by atoms with Crippen molar-refractivity contribution in [1.82, 2.24) is 0 Å². The fraction of sp³-hybridized carbons (Fsp3) is 0.125. The van der Waals surface area contributed by atoms with Gasteiger partial charge in [-0.15, -0.1) is 9.81 Å². The predicted molar refractivity (Wildman–Crippen MR) is 45.8 cm³/mol. The van der Waals surface area contributed by atoms with E-state index in [1.54, 1.807) is 18.2 Å². The Bertz CT molecular complexity index is 302. The Morgan fingerprint density at radius 2 is 1.62 bits per heavy atom. The number of hydrogen-bond donors (Lipinski definition) is 0. The van der Waals surface area contributed by atoms with Crippen LogP contribution in [0.1, 0.15) is 5.56 Å². The van der Waals surface area contributed by atoms with Crippen molar-refractivity contribution in [2.24, 2.45) is 10.4 Å². The van der Waals surface area contributed by atoms with Gasteiger partial charge in [-0.25, -0.2) is 0 Å². The highest BCUT2D eigenvalue weighted by Crippen LogP contribution is 2.24. The molecule has 0 fully saturated rings. The molecule has 0 aromatic heterocycles. The summed E-state index contributed by atoms with van der Waals surface area (Å²) in [7, 11) is 0. The molecule has 0 aliphatic rings. The van der Waals surface area contributed by atoms with Gasteiger partial charge < -0.3 is 0 Å². The maximum Gasteiger partial charge on any atom is 0.311 e. The second kappa shape index (κ2) is 3.66. The molecule has 66 valence electrons. The van der Waals surface area contributed by atoms with Crippen molar-refractivity contribution >= 4 is 6.29 Å². The Morgan fingerprint density at radius 1 is 1.08 bits per heavy atom. The molecule has 1 aromatic carbocycles. The quantitative estimate of drug-likeness (QED) is 0.518. The number of benzene rings is 1. The maximum atomic E-state index is 10.5. The molecule has 0 radical (unpaired) electrons. The molecule has 13 heavy (non-hydrogen) atoms. The van der Waals surface area contributed by atoms with Gasteiger partial charge in [0, 0.05) is 5.56 Å². The third-order valence-electron chi connectivity index (χ3n) is 1.64. The predicted octanol–water partition coefficient (Wildman–Crippen LogP) is 1.57. The van der Waals surface area contributed by atoms with E-state index in [0.717, 1.165) is 0 Å². The first-order valence-electron chi connectivity index (χ1n) is 3.50. The van der Waals surface area contributed by atoms with Crippen molar-refractivity contribution in [1.29, 1.82) is 0 Å². The smallest absolute Gasteiger partial charge is 0.298 e. The molecule has 0 N–H and O–H groups in total. The van der Waals surface area contributed by atoms with Gasteiger partial charge >= 0.3 is 5.66 Å². The van der Waals surface area contributed by atoms with E-state index in [0.29, 0.717) is 0 Å². The molecule has 0 bridgehead atoms. The molecule has 0 saturated heterocycles. The van der Waals surface area contributed by atoms with E-state index in [2.05, 4.69) is 10.4 Å². The molecule has 1 rings (SSSR count). The van der Waals surface area contributed by atoms with Gasteiger partial charge in [0.05, 0.1) is 0 Å². The fourth-order valence-corrected chi connectivity index (χ4v) is 0.917. The molecule has 0 spiro atoms. The number of carbonyl (C=O) groups is 1. The summed E-state index contributed by atoms with van der Waals surface area (Å²) >= 11 is 0. The van der Waals surface area contributed by atoms with E-state index < -0.39 is 5.66 Å². The van der Waals surface area contributed by atoms with Crippen LogP contribution in [0, 0.1) is 9.81 Å². The van der Waals surface area contributed by atoms with Gasteiger partial charge in [-0.2, -0.15) is 0 Å². The van der Waals surface area contributed by atoms with Crippen LogP contribution in [0.2, 0.25) is 0 Å². The molecule has 0 aliphatic carbocycles. The van der Waals surface area contributed by atoms with Gasteiger partial charge in [0.1, 0.15) is 0 Å². The highest BCUT2D eigenvalue weighted by molar-refractivity contribution is 5.67. The molecule has 0 atom stereocenters. The molecule has 5 heteroatoms. The summed E-state index contributed by atoms with van der Waals surface area (Å²) in [5.41, 5.74) is -1.95. The van der Waals surface area contributed by atoms with E-state index in [9.17, 15) is 14.6 Å². The Balaban J connectivity index is 3.23. The summed E-state index contributed by atoms with van der Waals surface area (Å²) in [5.74, 6) is 0. The number of carbonyl (C=O) groups excluding carboxylic acids is 1. The fourth-order valence-electron chi connectivity index (χ4n) is 0.917. The van der Waals surface area contributed by atoms with Crippen LogP contribution in [0.15, 0.2) is 40.7 Å². The zero-order valence-electron chi connectivity index (χ0n) is 6.58. The number of nitrogens with zero attached hydrogens (tertiary/aromatic N) is 2. The van der Waals surface area contributed by atoms with Crippen LogP contribution in [-0.4, -0.2) is 6.29 Å². The minimum absolute atomic E-state index is 0.127. The van der Waals surface area contributed by atoms with Crippen LogP contribution >= 0.6 is 0 Å². The number of nitroso groups, excluding NO2 is 2. The summed E-state index contributed by atoms with van der Waals surface area (Å²) in [6, 6.07) is 7.75. The minimum Gasteiger partial charge on any atom is -0.298 e. The molecule has 0 amide bonds. The van der Waals surface area contributed by atoms with Crippen LogP contribution in [0.4, 0.5) is 0 Å². The third-order valence-corrected chi connectivity index (χ3v) is 1.64. The van der Waals surface area contributed by atoms with Crippen molar-refractivity contribution < 1.29 is 4.79 Å². The van der Waals surface area contributed by atoms with Gasteiger partial charge in [-0.05, 0) is 10.4 Å². The Labute approximate surface area is 73.7 Å². The van der Waals surface area contributed by atoms with Crippen LogP contribution in [0.5, 0.6) is 0 Å². The first kappa shape index (κ1) is 9.18. The minimum atomic E-state index is -2.12. The van der Waals surface area contributed by atoms with Gasteiger partial charge in [-0.3, -0.25) is 4.79 Å². The lowest BCUT2D eigenvalue weighted by atomic mass is 10.0. The normalized spacial score (nSPS) is 10.5. The first-order chi connectivity index (χ1) is 6.29. The second-order valence-corrected chi connectivity index (χ2v) is 2.39. The molecule has 5 nitrogen and oxygen atoms in total. The highest BCUT2D eigenvalue weighted by Gasteiger charge is 2.35. The van der Waals surface area contributed by atoms with Crippen molar-refractivity contribution in [2.75, 3.05) is 0 Å². The maximum absolute atomic E-state index is 10.5. The average molecular weight is 178 g/mol. The lowest BCUT2D eigenvalue weighted by molar-refractivity contribution is -0.112. The summed E-state index contributed by atoms with van der Waals surface area (Å²) in [6.07, 6.45) is 0.127. The van der Waals surface area contributed by atoms with Crippen molar-refractivity contribution in [2.45, 2.75) is 5.66 Å². The van der Waals surface area contributed by atoms with Gasteiger partial charge in [-0.1, -0.05) is 30.3 Å². The first-order valence-corrected chi connectivity index (χ1v) is 3.50. The van der Waals surface area contributed by atoms with Crippen LogP contribution in [-0.2, 0) is 10.5 Å². The number of hydrogen-bond acceptors (Lipinski definition) is 5. The van der Waals surface area contributed by atoms with Crippen molar-refractivity contribution in [3.8, 4) is 0 Å². The van der Waals surface area contributed by atoms with Gasteiger partial charge in [0.2, 0.25) is 0 Å². The largest absolute Gasteiger partial charge is 0.311 e. The summed E-state index contributed by atoms with van der Waals surface area (Å²) in [6.45, 7) is 0. The van der Waals surface area contributed by atoms with Crippen molar-refractivity contribution in [3.63, 3.8) is 0 Å². The van der Waals surface area contributed by atoms with Crippen LogP contribution in [0.25, 0.3) is 0 Å². The zero-order valence-corrected chi connectivity index (χ0v) is 6.58. The standard InChI is InChI=1S/C8H6N2O3/c11-6-8(9-12,10-13)7-4-2-1-3-5-7/h1-6H. The second-order valence-electron chi connectivity index (χ2n) is 2.39. The molecule has 0 aliphatic heterocycles. The van der Waals surface area contributed by atoms with E-state index in [4.69, 9.17) is 0 Å². The zero-order chi connectivity index (χ0) is 9.73. The number of aldehydes is 1. The summed E-state index contributed by atoms with van der Waals surface area (Å²) in [4.78, 5) is 31.1. The van der Waals surface area contributed by atoms with Crippen molar-refractivity contribution in [3.05, 3.63) is 45.7 Å².